The van der Waals surface area contributed by atoms with Crippen molar-refractivity contribution < 1.29 is 9.26 Å². The van der Waals surface area contributed by atoms with Crippen LogP contribution in [0.2, 0.25) is 0 Å². The van der Waals surface area contributed by atoms with Crippen LogP contribution in [-0.4, -0.2) is 29.4 Å². The number of ether oxygens (including phenoxy) is 1. The molecule has 1 aliphatic heterocycles. The summed E-state index contributed by atoms with van der Waals surface area (Å²) >= 11 is 0. The van der Waals surface area contributed by atoms with Crippen LogP contribution in [0.4, 0.5) is 5.69 Å². The van der Waals surface area contributed by atoms with Crippen LogP contribution in [0.1, 0.15) is 19.2 Å². The van der Waals surface area contributed by atoms with E-state index in [2.05, 4.69) is 22.4 Å². The molecule has 2 atom stereocenters. The van der Waals surface area contributed by atoms with Crippen LogP contribution in [0.25, 0.3) is 11.5 Å². The number of nitrogens with one attached hydrogen (secondary N) is 1. The SMILES string of the molecule is Cc1noc(-c2ccccc2NC(C)C2CCOC2)n1. The van der Waals surface area contributed by atoms with Crippen molar-refractivity contribution in [3.63, 3.8) is 0 Å². The van der Waals surface area contributed by atoms with E-state index in [1.165, 1.54) is 0 Å². The fraction of sp³-hybridized carbons (Fsp3) is 0.467. The molecule has 0 radical (unpaired) electrons. The zero-order chi connectivity index (χ0) is 13.9. The average molecular weight is 273 g/mol. The van der Waals surface area contributed by atoms with Crippen molar-refractivity contribution in [3.05, 3.63) is 30.1 Å². The summed E-state index contributed by atoms with van der Waals surface area (Å²) < 4.78 is 10.7. The average Bonchev–Trinajstić information content (AvgIpc) is 3.10. The van der Waals surface area contributed by atoms with Gasteiger partial charge in [-0.25, -0.2) is 0 Å². The molecule has 2 heterocycles. The van der Waals surface area contributed by atoms with Crippen LogP contribution in [0.15, 0.2) is 28.8 Å². The predicted molar refractivity (Wildman–Crippen MR) is 76.5 cm³/mol. The standard InChI is InChI=1S/C15H19N3O2/c1-10(12-7-8-19-9-12)16-14-6-4-3-5-13(14)15-17-11(2)18-20-15/h3-6,10,12,16H,7-9H2,1-2H3. The van der Waals surface area contributed by atoms with Gasteiger partial charge in [-0.15, -0.1) is 0 Å². The molecule has 1 aliphatic rings. The fourth-order valence-electron chi connectivity index (χ4n) is 2.51. The first-order valence-corrected chi connectivity index (χ1v) is 6.98. The normalized spacial score (nSPS) is 20.0. The van der Waals surface area contributed by atoms with E-state index >= 15 is 0 Å². The van der Waals surface area contributed by atoms with Gasteiger partial charge in [0.2, 0.25) is 0 Å². The van der Waals surface area contributed by atoms with Crippen molar-refractivity contribution >= 4 is 5.69 Å². The Bertz CT molecular complexity index is 576. The molecule has 106 valence electrons. The molecule has 1 saturated heterocycles. The fourth-order valence-corrected chi connectivity index (χ4v) is 2.51. The predicted octanol–water partition coefficient (Wildman–Crippen LogP) is 2.88. The molecule has 3 rings (SSSR count). The number of aryl methyl sites for hydroxylation is 1. The van der Waals surface area contributed by atoms with E-state index in [0.717, 1.165) is 30.9 Å². The van der Waals surface area contributed by atoms with Gasteiger partial charge in [-0.2, -0.15) is 4.98 Å². The highest BCUT2D eigenvalue weighted by Crippen LogP contribution is 2.28. The highest BCUT2D eigenvalue weighted by atomic mass is 16.5. The van der Waals surface area contributed by atoms with Gasteiger partial charge < -0.3 is 14.6 Å². The van der Waals surface area contributed by atoms with Gasteiger partial charge in [-0.05, 0) is 32.4 Å². The second kappa shape index (κ2) is 5.63. The minimum atomic E-state index is 0.350. The first-order chi connectivity index (χ1) is 9.74. The number of hydrogen-bond donors (Lipinski definition) is 1. The van der Waals surface area contributed by atoms with Crippen LogP contribution in [0.3, 0.4) is 0 Å². The quantitative estimate of drug-likeness (QED) is 0.928. The van der Waals surface area contributed by atoms with Gasteiger partial charge in [0.05, 0.1) is 12.2 Å². The number of rotatable bonds is 4. The summed E-state index contributed by atoms with van der Waals surface area (Å²) in [5, 5.41) is 7.41. The number of anilines is 1. The summed E-state index contributed by atoms with van der Waals surface area (Å²) in [6.45, 7) is 5.70. The lowest BCUT2D eigenvalue weighted by molar-refractivity contribution is 0.183. The Kier molecular flexibility index (Phi) is 3.69. The maximum Gasteiger partial charge on any atom is 0.260 e. The highest BCUT2D eigenvalue weighted by Gasteiger charge is 2.23. The van der Waals surface area contributed by atoms with E-state index in [1.807, 2.05) is 31.2 Å². The number of benzene rings is 1. The third-order valence-electron chi connectivity index (χ3n) is 3.74. The third kappa shape index (κ3) is 2.67. The molecule has 0 spiro atoms. The van der Waals surface area contributed by atoms with E-state index in [0.29, 0.717) is 23.7 Å². The van der Waals surface area contributed by atoms with Gasteiger partial charge in [-0.3, -0.25) is 0 Å². The number of para-hydroxylation sites is 1. The topological polar surface area (TPSA) is 60.2 Å². The second-order valence-electron chi connectivity index (χ2n) is 5.25. The van der Waals surface area contributed by atoms with Crippen LogP contribution >= 0.6 is 0 Å². The lowest BCUT2D eigenvalue weighted by Crippen LogP contribution is -2.26. The molecule has 1 aromatic carbocycles. The van der Waals surface area contributed by atoms with Gasteiger partial charge in [0.1, 0.15) is 0 Å². The van der Waals surface area contributed by atoms with E-state index in [-0.39, 0.29) is 0 Å². The maximum atomic E-state index is 5.45. The first kappa shape index (κ1) is 13.1. The van der Waals surface area contributed by atoms with Crippen LogP contribution in [0, 0.1) is 12.8 Å². The molecule has 1 fully saturated rings. The Hall–Kier alpha value is -1.88. The summed E-state index contributed by atoms with van der Waals surface area (Å²) in [5.74, 6) is 1.75. The molecule has 2 aromatic rings. The molecule has 0 bridgehead atoms. The zero-order valence-electron chi connectivity index (χ0n) is 11.8. The Morgan fingerprint density at radius 1 is 1.35 bits per heavy atom. The minimum Gasteiger partial charge on any atom is -0.382 e. The van der Waals surface area contributed by atoms with Crippen molar-refractivity contribution in [3.8, 4) is 11.5 Å². The van der Waals surface area contributed by atoms with Crippen LogP contribution in [0.5, 0.6) is 0 Å². The summed E-state index contributed by atoms with van der Waals surface area (Å²) in [4.78, 5) is 4.30. The molecule has 5 heteroatoms. The number of aromatic nitrogens is 2. The maximum absolute atomic E-state index is 5.45. The smallest absolute Gasteiger partial charge is 0.260 e. The summed E-state index contributed by atoms with van der Waals surface area (Å²) in [5.41, 5.74) is 1.97. The highest BCUT2D eigenvalue weighted by molar-refractivity contribution is 5.72. The third-order valence-corrected chi connectivity index (χ3v) is 3.74. The minimum absolute atomic E-state index is 0.350. The summed E-state index contributed by atoms with van der Waals surface area (Å²) in [6.07, 6.45) is 1.11. The molecule has 1 aromatic heterocycles. The van der Waals surface area contributed by atoms with E-state index < -0.39 is 0 Å². The lowest BCUT2D eigenvalue weighted by atomic mass is 10.00. The molecule has 0 aliphatic carbocycles. The second-order valence-corrected chi connectivity index (χ2v) is 5.25. The van der Waals surface area contributed by atoms with Gasteiger partial charge in [-0.1, -0.05) is 17.3 Å². The molecule has 0 saturated carbocycles. The Balaban J connectivity index is 1.82. The van der Waals surface area contributed by atoms with Gasteiger partial charge >= 0.3 is 0 Å². The first-order valence-electron chi connectivity index (χ1n) is 6.98. The van der Waals surface area contributed by atoms with Crippen LogP contribution < -0.4 is 5.32 Å². The van der Waals surface area contributed by atoms with Crippen LogP contribution in [-0.2, 0) is 4.74 Å². The number of hydrogen-bond acceptors (Lipinski definition) is 5. The Labute approximate surface area is 118 Å². The Morgan fingerprint density at radius 2 is 2.20 bits per heavy atom. The van der Waals surface area contributed by atoms with Gasteiger partial charge in [0, 0.05) is 24.3 Å². The molecule has 1 N–H and O–H groups in total. The van der Waals surface area contributed by atoms with Crippen molar-refractivity contribution in [2.24, 2.45) is 5.92 Å². The molecule has 5 nitrogen and oxygen atoms in total. The van der Waals surface area contributed by atoms with E-state index in [1.54, 1.807) is 0 Å². The zero-order valence-corrected chi connectivity index (χ0v) is 11.8. The molecular weight excluding hydrogens is 254 g/mol. The van der Waals surface area contributed by atoms with Crippen molar-refractivity contribution in [1.82, 2.24) is 10.1 Å². The van der Waals surface area contributed by atoms with Crippen molar-refractivity contribution in [2.45, 2.75) is 26.3 Å². The molecule has 0 amide bonds. The Morgan fingerprint density at radius 3 is 2.90 bits per heavy atom. The summed E-state index contributed by atoms with van der Waals surface area (Å²) in [7, 11) is 0. The van der Waals surface area contributed by atoms with Crippen molar-refractivity contribution in [1.29, 1.82) is 0 Å². The monoisotopic (exact) mass is 273 g/mol. The molecule has 2 unspecified atom stereocenters. The van der Waals surface area contributed by atoms with Gasteiger partial charge in [0.25, 0.3) is 5.89 Å². The van der Waals surface area contributed by atoms with E-state index in [9.17, 15) is 0 Å². The number of nitrogens with zero attached hydrogens (tertiary/aromatic N) is 2. The van der Waals surface area contributed by atoms with E-state index in [4.69, 9.17) is 9.26 Å². The largest absolute Gasteiger partial charge is 0.382 e. The lowest BCUT2D eigenvalue weighted by Gasteiger charge is -2.21. The molecule has 20 heavy (non-hydrogen) atoms. The summed E-state index contributed by atoms with van der Waals surface area (Å²) in [6, 6.07) is 8.37. The molecular formula is C15H19N3O2. The van der Waals surface area contributed by atoms with Gasteiger partial charge in [0.15, 0.2) is 5.82 Å². The van der Waals surface area contributed by atoms with Crippen molar-refractivity contribution in [2.75, 3.05) is 18.5 Å².